The molecule has 2 aliphatic heterocycles. The molecule has 0 spiro atoms. The Bertz CT molecular complexity index is 358. The second-order valence-electron chi connectivity index (χ2n) is 6.08. The predicted molar refractivity (Wildman–Crippen MR) is 74.8 cm³/mol. The molecular weight excluding hydrogens is 238 g/mol. The van der Waals surface area contributed by atoms with Crippen LogP contribution in [0, 0.1) is 11.8 Å². The minimum atomic E-state index is 0.747. The lowest BCUT2D eigenvalue weighted by atomic mass is 9.93. The topological polar surface area (TPSA) is 46.0 Å². The van der Waals surface area contributed by atoms with Gasteiger partial charge in [0.05, 0.1) is 0 Å². The number of aromatic nitrogens is 3. The molecule has 1 aromatic heterocycles. The van der Waals surface area contributed by atoms with E-state index in [1.165, 1.54) is 58.4 Å². The molecule has 1 N–H and O–H groups in total. The second-order valence-corrected chi connectivity index (χ2v) is 6.08. The van der Waals surface area contributed by atoms with E-state index in [-0.39, 0.29) is 0 Å². The molecule has 1 unspecified atom stereocenters. The summed E-state index contributed by atoms with van der Waals surface area (Å²) in [6.07, 6.45) is 8.85. The van der Waals surface area contributed by atoms with Crippen molar-refractivity contribution in [2.45, 2.75) is 32.2 Å². The third-order valence-corrected chi connectivity index (χ3v) is 4.49. The summed E-state index contributed by atoms with van der Waals surface area (Å²) in [5, 5.41) is 7.68. The highest BCUT2D eigenvalue weighted by atomic mass is 15.3. The summed E-state index contributed by atoms with van der Waals surface area (Å²) in [7, 11) is 0. The number of likely N-dealkylation sites (tertiary alicyclic amines) is 1. The molecular formula is C14H25N5. The summed E-state index contributed by atoms with van der Waals surface area (Å²) in [5.74, 6) is 1.66. The highest BCUT2D eigenvalue weighted by molar-refractivity contribution is 4.78. The molecule has 3 heterocycles. The number of hydrogen-bond donors (Lipinski definition) is 1. The first-order chi connectivity index (χ1) is 9.40. The largest absolute Gasteiger partial charge is 0.317 e. The summed E-state index contributed by atoms with van der Waals surface area (Å²) in [5.41, 5.74) is 0. The zero-order valence-electron chi connectivity index (χ0n) is 11.7. The first-order valence-corrected chi connectivity index (χ1v) is 7.65. The van der Waals surface area contributed by atoms with Crippen LogP contribution >= 0.6 is 0 Å². The van der Waals surface area contributed by atoms with E-state index in [1.807, 2.05) is 11.0 Å². The van der Waals surface area contributed by atoms with Crippen LogP contribution in [0.5, 0.6) is 0 Å². The molecule has 2 saturated heterocycles. The maximum absolute atomic E-state index is 4.23. The Balaban J connectivity index is 1.47. The van der Waals surface area contributed by atoms with Gasteiger partial charge in [0.15, 0.2) is 0 Å². The minimum Gasteiger partial charge on any atom is -0.317 e. The molecule has 0 bridgehead atoms. The fraction of sp³-hybridized carbons (Fsp3) is 0.857. The average Bonchev–Trinajstić information content (AvgIpc) is 2.93. The first kappa shape index (κ1) is 13.1. The van der Waals surface area contributed by atoms with Gasteiger partial charge in [-0.15, -0.1) is 0 Å². The quantitative estimate of drug-likeness (QED) is 0.880. The van der Waals surface area contributed by atoms with Crippen molar-refractivity contribution in [1.29, 1.82) is 0 Å². The smallest absolute Gasteiger partial charge is 0.137 e. The molecule has 0 amide bonds. The van der Waals surface area contributed by atoms with E-state index < -0.39 is 0 Å². The Morgan fingerprint density at radius 3 is 2.79 bits per heavy atom. The fourth-order valence-corrected chi connectivity index (χ4v) is 3.49. The van der Waals surface area contributed by atoms with Crippen LogP contribution < -0.4 is 5.32 Å². The minimum absolute atomic E-state index is 0.747. The van der Waals surface area contributed by atoms with E-state index in [0.717, 1.165) is 18.4 Å². The van der Waals surface area contributed by atoms with Crippen molar-refractivity contribution in [3.05, 3.63) is 12.7 Å². The van der Waals surface area contributed by atoms with Crippen LogP contribution in [0.2, 0.25) is 0 Å². The monoisotopic (exact) mass is 263 g/mol. The summed E-state index contributed by atoms with van der Waals surface area (Å²) in [4.78, 5) is 6.71. The number of piperidine rings is 2. The molecule has 0 saturated carbocycles. The first-order valence-electron chi connectivity index (χ1n) is 7.65. The zero-order chi connectivity index (χ0) is 12.9. The van der Waals surface area contributed by atoms with Crippen LogP contribution in [-0.4, -0.2) is 52.4 Å². The summed E-state index contributed by atoms with van der Waals surface area (Å²) >= 11 is 0. The highest BCUT2D eigenvalue weighted by Gasteiger charge is 2.23. The van der Waals surface area contributed by atoms with Crippen molar-refractivity contribution in [2.75, 3.05) is 32.7 Å². The van der Waals surface area contributed by atoms with E-state index >= 15 is 0 Å². The van der Waals surface area contributed by atoms with Gasteiger partial charge in [0.25, 0.3) is 0 Å². The molecule has 5 nitrogen and oxygen atoms in total. The van der Waals surface area contributed by atoms with E-state index in [4.69, 9.17) is 0 Å². The number of nitrogens with one attached hydrogen (secondary N) is 1. The normalized spacial score (nSPS) is 26.6. The lowest BCUT2D eigenvalue weighted by Crippen LogP contribution is -2.42. The molecule has 2 aliphatic rings. The van der Waals surface area contributed by atoms with E-state index in [1.54, 1.807) is 6.33 Å². The standard InChI is InChI=1S/C14H25N5/c1-2-14(10-19-12-16-11-17-19)9-18(7-1)8-13-3-5-15-6-4-13/h11-15H,1-10H2. The van der Waals surface area contributed by atoms with Crippen LogP contribution in [0.3, 0.4) is 0 Å². The van der Waals surface area contributed by atoms with Gasteiger partial charge < -0.3 is 10.2 Å². The van der Waals surface area contributed by atoms with Gasteiger partial charge in [0.2, 0.25) is 0 Å². The van der Waals surface area contributed by atoms with E-state index in [2.05, 4.69) is 20.3 Å². The van der Waals surface area contributed by atoms with Crippen LogP contribution in [-0.2, 0) is 6.54 Å². The van der Waals surface area contributed by atoms with E-state index in [9.17, 15) is 0 Å². The Kier molecular flexibility index (Phi) is 4.45. The molecule has 1 atom stereocenters. The molecule has 106 valence electrons. The van der Waals surface area contributed by atoms with E-state index in [0.29, 0.717) is 0 Å². The highest BCUT2D eigenvalue weighted by Crippen LogP contribution is 2.21. The Morgan fingerprint density at radius 1 is 1.11 bits per heavy atom. The maximum Gasteiger partial charge on any atom is 0.137 e. The Labute approximate surface area is 115 Å². The third-order valence-electron chi connectivity index (χ3n) is 4.49. The second kappa shape index (κ2) is 6.48. The summed E-state index contributed by atoms with van der Waals surface area (Å²) in [6.45, 7) is 7.28. The van der Waals surface area contributed by atoms with Gasteiger partial charge in [0, 0.05) is 19.6 Å². The lowest BCUT2D eigenvalue weighted by Gasteiger charge is -2.36. The van der Waals surface area contributed by atoms with Gasteiger partial charge >= 0.3 is 0 Å². The van der Waals surface area contributed by atoms with Gasteiger partial charge in [-0.2, -0.15) is 5.10 Å². The molecule has 5 heteroatoms. The van der Waals surface area contributed by atoms with Gasteiger partial charge in [-0.1, -0.05) is 0 Å². The number of rotatable bonds is 4. The molecule has 1 aromatic rings. The maximum atomic E-state index is 4.23. The van der Waals surface area contributed by atoms with Gasteiger partial charge in [-0.05, 0) is 57.2 Å². The molecule has 3 rings (SSSR count). The van der Waals surface area contributed by atoms with Gasteiger partial charge in [-0.3, -0.25) is 4.68 Å². The van der Waals surface area contributed by atoms with Crippen molar-refractivity contribution in [1.82, 2.24) is 25.0 Å². The third kappa shape index (κ3) is 3.76. The molecule has 0 aliphatic carbocycles. The van der Waals surface area contributed by atoms with Gasteiger partial charge in [0.1, 0.15) is 12.7 Å². The molecule has 0 radical (unpaired) electrons. The summed E-state index contributed by atoms with van der Waals surface area (Å²) in [6, 6.07) is 0. The summed E-state index contributed by atoms with van der Waals surface area (Å²) < 4.78 is 1.98. The Hall–Kier alpha value is -0.940. The lowest BCUT2D eigenvalue weighted by molar-refractivity contribution is 0.130. The Morgan fingerprint density at radius 2 is 2.00 bits per heavy atom. The molecule has 19 heavy (non-hydrogen) atoms. The van der Waals surface area contributed by atoms with Gasteiger partial charge in [-0.25, -0.2) is 4.98 Å². The number of nitrogens with zero attached hydrogens (tertiary/aromatic N) is 4. The molecule has 2 fully saturated rings. The SMILES string of the molecule is c1ncn(CC2CCCN(CC3CCNCC3)C2)n1. The molecule has 0 aromatic carbocycles. The average molecular weight is 263 g/mol. The number of hydrogen-bond acceptors (Lipinski definition) is 4. The predicted octanol–water partition coefficient (Wildman–Crippen LogP) is 0.990. The van der Waals surface area contributed by atoms with Crippen molar-refractivity contribution >= 4 is 0 Å². The zero-order valence-corrected chi connectivity index (χ0v) is 11.7. The van der Waals surface area contributed by atoms with Crippen molar-refractivity contribution in [3.63, 3.8) is 0 Å². The fourth-order valence-electron chi connectivity index (χ4n) is 3.49. The van der Waals surface area contributed by atoms with Crippen molar-refractivity contribution < 1.29 is 0 Å². The van der Waals surface area contributed by atoms with Crippen molar-refractivity contribution in [2.24, 2.45) is 11.8 Å². The van der Waals surface area contributed by atoms with Crippen LogP contribution in [0.15, 0.2) is 12.7 Å². The van der Waals surface area contributed by atoms with Crippen LogP contribution in [0.25, 0.3) is 0 Å². The van der Waals surface area contributed by atoms with Crippen LogP contribution in [0.4, 0.5) is 0 Å². The van der Waals surface area contributed by atoms with Crippen LogP contribution in [0.1, 0.15) is 25.7 Å². The van der Waals surface area contributed by atoms with Crippen molar-refractivity contribution in [3.8, 4) is 0 Å².